The zero-order chi connectivity index (χ0) is 9.56. The van der Waals surface area contributed by atoms with E-state index in [9.17, 15) is 9.59 Å². The molecule has 0 spiro atoms. The summed E-state index contributed by atoms with van der Waals surface area (Å²) in [6.45, 7) is 4.78. The number of esters is 1. The number of nitrogens with one attached hydrogen (secondary N) is 1. The van der Waals surface area contributed by atoms with Crippen molar-refractivity contribution in [3.8, 4) is 0 Å². The molecule has 0 radical (unpaired) electrons. The van der Waals surface area contributed by atoms with Gasteiger partial charge < -0.3 is 4.74 Å². The van der Waals surface area contributed by atoms with Crippen molar-refractivity contribution in [2.45, 2.75) is 26.9 Å². The Hall–Kier alpha value is -1.10. The van der Waals surface area contributed by atoms with Gasteiger partial charge in [0.15, 0.2) is 6.10 Å². The first-order chi connectivity index (χ1) is 5.57. The van der Waals surface area contributed by atoms with Gasteiger partial charge in [0.2, 0.25) is 5.91 Å². The number of carbonyl (C=O) groups excluding carboxylic acids is 2. The third-order valence-electron chi connectivity index (χ3n) is 0.998. The first kappa shape index (κ1) is 10.9. The summed E-state index contributed by atoms with van der Waals surface area (Å²) in [5.41, 5.74) is 2.04. The van der Waals surface area contributed by atoms with E-state index in [0.29, 0.717) is 6.61 Å². The summed E-state index contributed by atoms with van der Waals surface area (Å²) in [6.07, 6.45) is -0.770. The van der Waals surface area contributed by atoms with Gasteiger partial charge in [0.05, 0.1) is 6.61 Å². The van der Waals surface area contributed by atoms with Gasteiger partial charge in [0.1, 0.15) is 0 Å². The Morgan fingerprint density at radius 2 is 2.08 bits per heavy atom. The Morgan fingerprint density at radius 1 is 1.50 bits per heavy atom. The molecule has 0 aliphatic carbocycles. The number of hydroxylamine groups is 1. The van der Waals surface area contributed by atoms with Gasteiger partial charge in [-0.25, -0.2) is 10.3 Å². The summed E-state index contributed by atoms with van der Waals surface area (Å²) in [5, 5.41) is 0. The lowest BCUT2D eigenvalue weighted by Crippen LogP contribution is -2.32. The first-order valence-corrected chi connectivity index (χ1v) is 3.66. The van der Waals surface area contributed by atoms with E-state index in [0.717, 1.165) is 0 Å². The standard InChI is InChI=1S/C7H13NO4/c1-4-11-7(10)5(2)12-8-6(3)9/h5H,4H2,1-3H3,(H,8,9). The van der Waals surface area contributed by atoms with Gasteiger partial charge in [-0.15, -0.1) is 0 Å². The maximum absolute atomic E-state index is 10.9. The van der Waals surface area contributed by atoms with Crippen LogP contribution >= 0.6 is 0 Å². The van der Waals surface area contributed by atoms with E-state index in [4.69, 9.17) is 0 Å². The second-order valence-electron chi connectivity index (χ2n) is 2.17. The number of hydrogen-bond acceptors (Lipinski definition) is 4. The van der Waals surface area contributed by atoms with Crippen LogP contribution in [-0.4, -0.2) is 24.6 Å². The van der Waals surface area contributed by atoms with Crippen LogP contribution in [0.4, 0.5) is 0 Å². The van der Waals surface area contributed by atoms with E-state index in [2.05, 4.69) is 9.57 Å². The monoisotopic (exact) mass is 175 g/mol. The molecular weight excluding hydrogens is 162 g/mol. The number of amides is 1. The predicted molar refractivity (Wildman–Crippen MR) is 41.0 cm³/mol. The molecule has 5 heteroatoms. The van der Waals surface area contributed by atoms with Crippen LogP contribution in [0.25, 0.3) is 0 Å². The highest BCUT2D eigenvalue weighted by Gasteiger charge is 2.14. The molecule has 12 heavy (non-hydrogen) atoms. The molecule has 0 saturated carbocycles. The molecule has 0 fully saturated rings. The van der Waals surface area contributed by atoms with Crippen molar-refractivity contribution >= 4 is 11.9 Å². The van der Waals surface area contributed by atoms with Crippen molar-refractivity contribution < 1.29 is 19.2 Å². The lowest BCUT2D eigenvalue weighted by Gasteiger charge is -2.10. The van der Waals surface area contributed by atoms with E-state index in [-0.39, 0.29) is 5.91 Å². The van der Waals surface area contributed by atoms with Crippen LogP contribution in [-0.2, 0) is 19.2 Å². The Balaban J connectivity index is 3.63. The molecule has 1 amide bonds. The van der Waals surface area contributed by atoms with Crippen LogP contribution in [0.15, 0.2) is 0 Å². The van der Waals surface area contributed by atoms with Gasteiger partial charge in [0, 0.05) is 6.92 Å². The van der Waals surface area contributed by atoms with E-state index in [1.165, 1.54) is 13.8 Å². The third-order valence-corrected chi connectivity index (χ3v) is 0.998. The van der Waals surface area contributed by atoms with Crippen molar-refractivity contribution in [3.05, 3.63) is 0 Å². The fraction of sp³-hybridized carbons (Fsp3) is 0.714. The molecule has 1 unspecified atom stereocenters. The summed E-state index contributed by atoms with van der Waals surface area (Å²) < 4.78 is 4.62. The van der Waals surface area contributed by atoms with Crippen molar-refractivity contribution in [2.75, 3.05) is 6.61 Å². The van der Waals surface area contributed by atoms with Crippen LogP contribution in [0, 0.1) is 0 Å². The fourth-order valence-electron chi connectivity index (χ4n) is 0.479. The van der Waals surface area contributed by atoms with Gasteiger partial charge in [-0.05, 0) is 13.8 Å². The number of hydrogen-bond donors (Lipinski definition) is 1. The lowest BCUT2D eigenvalue weighted by molar-refractivity contribution is -0.163. The maximum Gasteiger partial charge on any atom is 0.337 e. The zero-order valence-corrected chi connectivity index (χ0v) is 7.42. The van der Waals surface area contributed by atoms with Crippen LogP contribution in [0.1, 0.15) is 20.8 Å². The van der Waals surface area contributed by atoms with Crippen molar-refractivity contribution in [3.63, 3.8) is 0 Å². The molecule has 0 aliphatic heterocycles. The van der Waals surface area contributed by atoms with Gasteiger partial charge in [-0.1, -0.05) is 0 Å². The minimum absolute atomic E-state index is 0.298. The van der Waals surface area contributed by atoms with Crippen LogP contribution in [0.5, 0.6) is 0 Å². The zero-order valence-electron chi connectivity index (χ0n) is 7.42. The fourth-order valence-corrected chi connectivity index (χ4v) is 0.479. The van der Waals surface area contributed by atoms with Gasteiger partial charge in [-0.2, -0.15) is 0 Å². The summed E-state index contributed by atoms with van der Waals surface area (Å²) >= 11 is 0. The molecule has 1 atom stereocenters. The molecule has 5 nitrogen and oxygen atoms in total. The minimum atomic E-state index is -0.770. The number of ether oxygens (including phenoxy) is 1. The summed E-state index contributed by atoms with van der Waals surface area (Å²) in [4.78, 5) is 25.8. The highest BCUT2D eigenvalue weighted by molar-refractivity contribution is 5.75. The van der Waals surface area contributed by atoms with Crippen LogP contribution in [0.2, 0.25) is 0 Å². The second-order valence-corrected chi connectivity index (χ2v) is 2.17. The number of carbonyl (C=O) groups is 2. The van der Waals surface area contributed by atoms with Gasteiger partial charge in [0.25, 0.3) is 0 Å². The van der Waals surface area contributed by atoms with E-state index in [1.807, 2.05) is 5.48 Å². The molecule has 1 N–H and O–H groups in total. The van der Waals surface area contributed by atoms with E-state index < -0.39 is 12.1 Å². The Bertz CT molecular complexity index is 169. The van der Waals surface area contributed by atoms with Crippen LogP contribution in [0.3, 0.4) is 0 Å². The molecule has 0 rings (SSSR count). The number of rotatable bonds is 4. The third kappa shape index (κ3) is 4.68. The Kier molecular flexibility index (Phi) is 5.03. The average molecular weight is 175 g/mol. The lowest BCUT2D eigenvalue weighted by atomic mass is 10.4. The molecule has 0 aromatic rings. The summed E-state index contributed by atoms with van der Waals surface area (Å²) in [5.74, 6) is -0.850. The SMILES string of the molecule is CCOC(=O)C(C)ONC(C)=O. The highest BCUT2D eigenvalue weighted by atomic mass is 16.7. The molecule has 0 bridgehead atoms. The first-order valence-electron chi connectivity index (χ1n) is 3.66. The summed E-state index contributed by atoms with van der Waals surface area (Å²) in [6, 6.07) is 0. The highest BCUT2D eigenvalue weighted by Crippen LogP contribution is 1.91. The molecule has 0 saturated heterocycles. The molecule has 0 heterocycles. The minimum Gasteiger partial charge on any atom is -0.464 e. The van der Waals surface area contributed by atoms with Crippen LogP contribution < -0.4 is 5.48 Å². The topological polar surface area (TPSA) is 64.6 Å². The largest absolute Gasteiger partial charge is 0.464 e. The molecular formula is C7H13NO4. The van der Waals surface area contributed by atoms with Crippen molar-refractivity contribution in [1.82, 2.24) is 5.48 Å². The normalized spacial score (nSPS) is 11.9. The quantitative estimate of drug-likeness (QED) is 0.482. The Morgan fingerprint density at radius 3 is 2.50 bits per heavy atom. The Labute approximate surface area is 71.0 Å². The van der Waals surface area contributed by atoms with E-state index in [1.54, 1.807) is 6.92 Å². The smallest absolute Gasteiger partial charge is 0.337 e. The van der Waals surface area contributed by atoms with Gasteiger partial charge in [-0.3, -0.25) is 9.63 Å². The van der Waals surface area contributed by atoms with Crippen molar-refractivity contribution in [2.24, 2.45) is 0 Å². The molecule has 0 aromatic carbocycles. The maximum atomic E-state index is 10.9. The molecule has 0 aliphatic rings. The summed E-state index contributed by atoms with van der Waals surface area (Å²) in [7, 11) is 0. The van der Waals surface area contributed by atoms with Gasteiger partial charge >= 0.3 is 5.97 Å². The van der Waals surface area contributed by atoms with E-state index >= 15 is 0 Å². The second kappa shape index (κ2) is 5.54. The predicted octanol–water partition coefficient (Wildman–Crippen LogP) is 0.00570. The molecule has 70 valence electrons. The molecule has 0 aromatic heterocycles. The van der Waals surface area contributed by atoms with Crippen molar-refractivity contribution in [1.29, 1.82) is 0 Å². The average Bonchev–Trinajstić information content (AvgIpc) is 2.00.